The van der Waals surface area contributed by atoms with Gasteiger partial charge in [0.15, 0.2) is 6.29 Å². The normalized spacial score (nSPS) is 10.4. The lowest BCUT2D eigenvalue weighted by molar-refractivity contribution is 0.111. The molecule has 0 unspecified atom stereocenters. The van der Waals surface area contributed by atoms with Crippen LogP contribution in [-0.2, 0) is 7.05 Å². The Morgan fingerprint density at radius 2 is 2.25 bits per heavy atom. The van der Waals surface area contributed by atoms with Crippen molar-refractivity contribution < 1.29 is 9.90 Å². The van der Waals surface area contributed by atoms with E-state index in [-0.39, 0.29) is 5.75 Å². The highest BCUT2D eigenvalue weighted by molar-refractivity contribution is 6.35. The van der Waals surface area contributed by atoms with Crippen LogP contribution in [0.5, 0.6) is 5.75 Å². The van der Waals surface area contributed by atoms with Crippen molar-refractivity contribution in [3.63, 3.8) is 0 Å². The lowest BCUT2D eigenvalue weighted by atomic mass is 10.1. The SMILES string of the molecule is Cn1nc(-c2cccc(O)c2)c(Cl)c1C=O. The summed E-state index contributed by atoms with van der Waals surface area (Å²) in [6.45, 7) is 0. The number of phenols is 1. The third-order valence-corrected chi connectivity index (χ3v) is 2.64. The van der Waals surface area contributed by atoms with Crippen LogP contribution in [0.15, 0.2) is 24.3 Å². The summed E-state index contributed by atoms with van der Waals surface area (Å²) in [6.07, 6.45) is 0.654. The summed E-state index contributed by atoms with van der Waals surface area (Å²) in [5.74, 6) is 0.131. The number of rotatable bonds is 2. The van der Waals surface area contributed by atoms with E-state index in [2.05, 4.69) is 5.10 Å². The fourth-order valence-electron chi connectivity index (χ4n) is 1.48. The van der Waals surface area contributed by atoms with Crippen molar-refractivity contribution in [2.75, 3.05) is 0 Å². The van der Waals surface area contributed by atoms with Crippen LogP contribution in [-0.4, -0.2) is 21.2 Å². The molecule has 0 aliphatic rings. The van der Waals surface area contributed by atoms with Crippen LogP contribution in [0.2, 0.25) is 5.02 Å². The predicted octanol–water partition coefficient (Wildman–Crippen LogP) is 2.26. The Balaban J connectivity index is 2.61. The summed E-state index contributed by atoms with van der Waals surface area (Å²) >= 11 is 6.02. The topological polar surface area (TPSA) is 55.1 Å². The van der Waals surface area contributed by atoms with Gasteiger partial charge in [0.2, 0.25) is 0 Å². The molecule has 0 aliphatic carbocycles. The highest BCUT2D eigenvalue weighted by atomic mass is 35.5. The quantitative estimate of drug-likeness (QED) is 0.814. The summed E-state index contributed by atoms with van der Waals surface area (Å²) in [7, 11) is 1.64. The van der Waals surface area contributed by atoms with Gasteiger partial charge in [-0.25, -0.2) is 0 Å². The van der Waals surface area contributed by atoms with Gasteiger partial charge in [-0.2, -0.15) is 5.10 Å². The first-order valence-corrected chi connectivity index (χ1v) is 4.98. The average molecular weight is 237 g/mol. The summed E-state index contributed by atoms with van der Waals surface area (Å²) in [5.41, 5.74) is 1.48. The molecule has 1 N–H and O–H groups in total. The zero-order valence-electron chi connectivity index (χ0n) is 8.51. The number of nitrogens with zero attached hydrogens (tertiary/aromatic N) is 2. The number of aryl methyl sites for hydroxylation is 1. The third kappa shape index (κ3) is 1.67. The van der Waals surface area contributed by atoms with E-state index in [4.69, 9.17) is 11.6 Å². The largest absolute Gasteiger partial charge is 0.508 e. The maximum Gasteiger partial charge on any atom is 0.169 e. The number of aromatic nitrogens is 2. The molecule has 0 amide bonds. The number of benzene rings is 1. The predicted molar refractivity (Wildman–Crippen MR) is 60.7 cm³/mol. The van der Waals surface area contributed by atoms with E-state index >= 15 is 0 Å². The third-order valence-electron chi connectivity index (χ3n) is 2.26. The van der Waals surface area contributed by atoms with Crippen LogP contribution in [0.3, 0.4) is 0 Å². The van der Waals surface area contributed by atoms with Gasteiger partial charge >= 0.3 is 0 Å². The van der Waals surface area contributed by atoms with Gasteiger partial charge < -0.3 is 5.11 Å². The molecule has 4 nitrogen and oxygen atoms in total. The molecule has 82 valence electrons. The van der Waals surface area contributed by atoms with E-state index in [0.717, 1.165) is 0 Å². The lowest BCUT2D eigenvalue weighted by Crippen LogP contribution is -1.95. The Hall–Kier alpha value is -1.81. The molecular formula is C11H9ClN2O2. The number of aromatic hydroxyl groups is 1. The van der Waals surface area contributed by atoms with Crippen molar-refractivity contribution in [1.82, 2.24) is 9.78 Å². The van der Waals surface area contributed by atoms with Crippen LogP contribution >= 0.6 is 11.6 Å². The first kappa shape index (κ1) is 10.7. The minimum atomic E-state index is 0.131. The number of phenolic OH excluding ortho intramolecular Hbond substituents is 1. The van der Waals surface area contributed by atoms with Gasteiger partial charge in [-0.05, 0) is 12.1 Å². The summed E-state index contributed by atoms with van der Waals surface area (Å²) in [5, 5.41) is 13.8. The second-order valence-electron chi connectivity index (χ2n) is 3.34. The Bertz CT molecular complexity index is 549. The fourth-order valence-corrected chi connectivity index (χ4v) is 1.79. The maximum atomic E-state index is 10.8. The Morgan fingerprint density at radius 1 is 1.50 bits per heavy atom. The zero-order valence-corrected chi connectivity index (χ0v) is 9.27. The van der Waals surface area contributed by atoms with E-state index in [0.29, 0.717) is 28.3 Å². The number of aldehydes is 1. The standard InChI is InChI=1S/C11H9ClN2O2/c1-14-9(6-15)10(12)11(13-14)7-3-2-4-8(16)5-7/h2-6,16H,1H3. The van der Waals surface area contributed by atoms with Crippen LogP contribution in [0.4, 0.5) is 0 Å². The minimum absolute atomic E-state index is 0.131. The molecule has 0 radical (unpaired) electrons. The maximum absolute atomic E-state index is 10.8. The molecule has 0 spiro atoms. The zero-order chi connectivity index (χ0) is 11.7. The Morgan fingerprint density at radius 3 is 2.81 bits per heavy atom. The molecule has 0 atom stereocenters. The summed E-state index contributed by atoms with van der Waals surface area (Å²) in [4.78, 5) is 10.8. The van der Waals surface area contributed by atoms with Crippen LogP contribution in [0.1, 0.15) is 10.5 Å². The smallest absolute Gasteiger partial charge is 0.169 e. The molecule has 1 aromatic heterocycles. The molecule has 0 fully saturated rings. The number of hydrogen-bond acceptors (Lipinski definition) is 3. The second kappa shape index (κ2) is 3.98. The average Bonchev–Trinajstić information content (AvgIpc) is 2.54. The number of carbonyl (C=O) groups excluding carboxylic acids is 1. The first-order chi connectivity index (χ1) is 7.63. The van der Waals surface area contributed by atoms with Crippen molar-refractivity contribution in [2.45, 2.75) is 0 Å². The van der Waals surface area contributed by atoms with E-state index < -0.39 is 0 Å². The van der Waals surface area contributed by atoms with Crippen LogP contribution in [0.25, 0.3) is 11.3 Å². The number of carbonyl (C=O) groups is 1. The van der Waals surface area contributed by atoms with Gasteiger partial charge in [0.1, 0.15) is 17.1 Å². The van der Waals surface area contributed by atoms with Gasteiger partial charge in [-0.3, -0.25) is 9.48 Å². The van der Waals surface area contributed by atoms with E-state index in [1.54, 1.807) is 31.3 Å². The first-order valence-electron chi connectivity index (χ1n) is 4.60. The molecule has 0 saturated carbocycles. The van der Waals surface area contributed by atoms with E-state index in [1.165, 1.54) is 4.68 Å². The molecule has 2 rings (SSSR count). The minimum Gasteiger partial charge on any atom is -0.508 e. The van der Waals surface area contributed by atoms with Gasteiger partial charge in [0.25, 0.3) is 0 Å². The van der Waals surface area contributed by atoms with Crippen molar-refractivity contribution in [3.8, 4) is 17.0 Å². The molecule has 0 aliphatic heterocycles. The second-order valence-corrected chi connectivity index (χ2v) is 3.72. The van der Waals surface area contributed by atoms with Crippen LogP contribution in [0, 0.1) is 0 Å². The summed E-state index contributed by atoms with van der Waals surface area (Å²) < 4.78 is 1.41. The Kier molecular flexibility index (Phi) is 2.66. The van der Waals surface area contributed by atoms with Crippen molar-refractivity contribution in [1.29, 1.82) is 0 Å². The van der Waals surface area contributed by atoms with Crippen molar-refractivity contribution in [3.05, 3.63) is 35.0 Å². The van der Waals surface area contributed by atoms with Gasteiger partial charge in [-0.15, -0.1) is 0 Å². The number of hydrogen-bond donors (Lipinski definition) is 1. The molecule has 1 aromatic carbocycles. The molecular weight excluding hydrogens is 228 g/mol. The highest BCUT2D eigenvalue weighted by Gasteiger charge is 2.15. The van der Waals surface area contributed by atoms with Crippen LogP contribution < -0.4 is 0 Å². The monoisotopic (exact) mass is 236 g/mol. The fraction of sp³-hybridized carbons (Fsp3) is 0.0909. The molecule has 2 aromatic rings. The lowest BCUT2D eigenvalue weighted by Gasteiger charge is -1.97. The highest BCUT2D eigenvalue weighted by Crippen LogP contribution is 2.30. The van der Waals surface area contributed by atoms with E-state index in [9.17, 15) is 9.90 Å². The summed E-state index contributed by atoms with van der Waals surface area (Å²) in [6, 6.07) is 6.56. The molecule has 0 bridgehead atoms. The molecule has 0 saturated heterocycles. The number of halogens is 1. The van der Waals surface area contributed by atoms with Gasteiger partial charge in [-0.1, -0.05) is 23.7 Å². The van der Waals surface area contributed by atoms with Crippen molar-refractivity contribution in [2.24, 2.45) is 7.05 Å². The molecule has 5 heteroatoms. The molecule has 1 heterocycles. The van der Waals surface area contributed by atoms with Gasteiger partial charge in [0.05, 0.1) is 5.02 Å². The van der Waals surface area contributed by atoms with Gasteiger partial charge in [0, 0.05) is 12.6 Å². The van der Waals surface area contributed by atoms with E-state index in [1.807, 2.05) is 0 Å². The van der Waals surface area contributed by atoms with Crippen molar-refractivity contribution >= 4 is 17.9 Å². The molecule has 16 heavy (non-hydrogen) atoms. The Labute approximate surface area is 97.1 Å².